The fourth-order valence-corrected chi connectivity index (χ4v) is 6.73. The van der Waals surface area contributed by atoms with Crippen molar-refractivity contribution < 1.29 is 28.5 Å². The normalized spacial score (nSPS) is 20.5. The first kappa shape index (κ1) is 29.1. The van der Waals surface area contributed by atoms with E-state index in [1.54, 1.807) is 28.1 Å². The molecule has 3 unspecified atom stereocenters. The summed E-state index contributed by atoms with van der Waals surface area (Å²) in [5.74, 6) is -0.491. The Bertz CT molecular complexity index is 1420. The van der Waals surface area contributed by atoms with Gasteiger partial charge in [-0.15, -0.1) is 11.3 Å². The Morgan fingerprint density at radius 3 is 2.27 bits per heavy atom. The van der Waals surface area contributed by atoms with E-state index in [4.69, 9.17) is 23.9 Å². The molecular formula is C31H36N2O6S. The van der Waals surface area contributed by atoms with Gasteiger partial charge in [0, 0.05) is 22.2 Å². The summed E-state index contributed by atoms with van der Waals surface area (Å²) in [4.78, 5) is 33.8. The first-order chi connectivity index (χ1) is 19.2. The smallest absolute Gasteiger partial charge is 0.336 e. The van der Waals surface area contributed by atoms with Crippen molar-refractivity contribution >= 4 is 23.3 Å². The molecule has 40 heavy (non-hydrogen) atoms. The molecule has 0 amide bonds. The van der Waals surface area contributed by atoms with Crippen LogP contribution >= 0.6 is 11.3 Å². The lowest BCUT2D eigenvalue weighted by molar-refractivity contribution is -0.153. The number of carbonyl (C=O) groups excluding carboxylic acids is 2. The number of aromatic nitrogens is 1. The van der Waals surface area contributed by atoms with Crippen LogP contribution in [0.1, 0.15) is 49.1 Å². The van der Waals surface area contributed by atoms with Crippen LogP contribution in [-0.2, 0) is 24.5 Å². The molecule has 0 radical (unpaired) electrons. The summed E-state index contributed by atoms with van der Waals surface area (Å²) < 4.78 is 22.2. The van der Waals surface area contributed by atoms with E-state index in [9.17, 15) is 9.59 Å². The molecule has 0 fully saturated rings. The molecule has 9 heteroatoms. The largest absolute Gasteiger partial charge is 0.493 e. The number of rotatable bonds is 9. The molecule has 0 spiro atoms. The van der Waals surface area contributed by atoms with E-state index < -0.39 is 29.3 Å². The number of nitrogens with one attached hydrogen (secondary N) is 1. The highest BCUT2D eigenvalue weighted by molar-refractivity contribution is 7.12. The number of esters is 2. The van der Waals surface area contributed by atoms with Crippen molar-refractivity contribution in [1.82, 2.24) is 10.3 Å². The van der Waals surface area contributed by atoms with E-state index in [-0.39, 0.29) is 13.2 Å². The summed E-state index contributed by atoms with van der Waals surface area (Å²) in [6.07, 6.45) is 0. The molecule has 0 saturated carbocycles. The van der Waals surface area contributed by atoms with Crippen LogP contribution in [0.15, 0.2) is 59.8 Å². The first-order valence-corrected chi connectivity index (χ1v) is 14.1. The molecule has 4 rings (SSSR count). The van der Waals surface area contributed by atoms with Crippen LogP contribution in [-0.4, -0.2) is 50.4 Å². The highest BCUT2D eigenvalue weighted by Crippen LogP contribution is 2.52. The van der Waals surface area contributed by atoms with Crippen LogP contribution in [0.3, 0.4) is 0 Å². The van der Waals surface area contributed by atoms with Crippen LogP contribution in [0.5, 0.6) is 11.5 Å². The van der Waals surface area contributed by atoms with Gasteiger partial charge in [-0.2, -0.15) is 0 Å². The number of methoxy groups -OCH3 is 2. The lowest BCUT2D eigenvalue weighted by Crippen LogP contribution is -2.60. The molecule has 1 aliphatic rings. The van der Waals surface area contributed by atoms with Crippen LogP contribution < -0.4 is 14.8 Å². The lowest BCUT2D eigenvalue weighted by Gasteiger charge is -2.47. The molecule has 0 saturated heterocycles. The molecule has 1 N–H and O–H groups in total. The second kappa shape index (κ2) is 12.1. The zero-order valence-electron chi connectivity index (χ0n) is 24.0. The Hall–Kier alpha value is -3.85. The number of benzene rings is 2. The minimum absolute atomic E-state index is 0.193. The average molecular weight is 565 g/mol. The zero-order chi connectivity index (χ0) is 29.0. The van der Waals surface area contributed by atoms with Crippen LogP contribution in [0, 0.1) is 6.92 Å². The van der Waals surface area contributed by atoms with E-state index in [0.29, 0.717) is 27.8 Å². The van der Waals surface area contributed by atoms with Gasteiger partial charge in [0.1, 0.15) is 10.4 Å². The minimum Gasteiger partial charge on any atom is -0.493 e. The van der Waals surface area contributed by atoms with Crippen molar-refractivity contribution in [2.24, 2.45) is 0 Å². The number of ether oxygens (including phenoxy) is 4. The molecule has 1 aliphatic heterocycles. The summed E-state index contributed by atoms with van der Waals surface area (Å²) in [5.41, 5.74) is 2.02. The number of nitrogens with zero attached hydrogens (tertiary/aromatic N) is 1. The Morgan fingerprint density at radius 2 is 1.65 bits per heavy atom. The van der Waals surface area contributed by atoms with E-state index >= 15 is 0 Å². The summed E-state index contributed by atoms with van der Waals surface area (Å²) in [5, 5.41) is 4.02. The summed E-state index contributed by atoms with van der Waals surface area (Å²) in [7, 11) is 3.18. The molecule has 2 aromatic carbocycles. The second-order valence-electron chi connectivity index (χ2n) is 9.54. The van der Waals surface area contributed by atoms with Gasteiger partial charge < -0.3 is 24.3 Å². The highest BCUT2D eigenvalue weighted by atomic mass is 32.1. The van der Waals surface area contributed by atoms with Crippen molar-refractivity contribution in [2.75, 3.05) is 27.4 Å². The summed E-state index contributed by atoms with van der Waals surface area (Å²) in [6, 6.07) is 14.7. The van der Waals surface area contributed by atoms with Crippen molar-refractivity contribution in [3.05, 3.63) is 75.2 Å². The third-order valence-corrected chi connectivity index (χ3v) is 8.38. The van der Waals surface area contributed by atoms with E-state index in [0.717, 1.165) is 21.7 Å². The fraction of sp³-hybridized carbons (Fsp3) is 0.387. The summed E-state index contributed by atoms with van der Waals surface area (Å²) >= 11 is 1.45. The van der Waals surface area contributed by atoms with Crippen LogP contribution in [0.2, 0.25) is 0 Å². The number of hydrogen-bond acceptors (Lipinski definition) is 9. The van der Waals surface area contributed by atoms with Crippen molar-refractivity contribution in [2.45, 2.75) is 52.0 Å². The van der Waals surface area contributed by atoms with Gasteiger partial charge >= 0.3 is 11.9 Å². The highest BCUT2D eigenvalue weighted by Gasteiger charge is 2.59. The third kappa shape index (κ3) is 4.94. The van der Waals surface area contributed by atoms with Crippen LogP contribution in [0.4, 0.5) is 0 Å². The maximum atomic E-state index is 14.2. The Balaban J connectivity index is 2.02. The first-order valence-electron chi connectivity index (χ1n) is 13.3. The molecule has 0 aliphatic carbocycles. The van der Waals surface area contributed by atoms with Crippen molar-refractivity contribution in [3.63, 3.8) is 0 Å². The number of carbonyl (C=O) groups is 2. The number of allylic oxidation sites excluding steroid dienone is 1. The molecule has 8 nitrogen and oxygen atoms in total. The Kier molecular flexibility index (Phi) is 8.83. The topological polar surface area (TPSA) is 96.0 Å². The van der Waals surface area contributed by atoms with Crippen LogP contribution in [0.25, 0.3) is 11.3 Å². The van der Waals surface area contributed by atoms with Crippen molar-refractivity contribution in [3.8, 4) is 22.8 Å². The summed E-state index contributed by atoms with van der Waals surface area (Å²) in [6.45, 7) is 9.70. The quantitative estimate of drug-likeness (QED) is 0.338. The van der Waals surface area contributed by atoms with E-state index in [1.807, 2.05) is 69.3 Å². The number of hydrogen-bond donors (Lipinski definition) is 1. The fourth-order valence-electron chi connectivity index (χ4n) is 5.59. The van der Waals surface area contributed by atoms with Gasteiger partial charge in [0.05, 0.1) is 44.6 Å². The Morgan fingerprint density at radius 1 is 0.975 bits per heavy atom. The number of aryl methyl sites for hydroxylation is 1. The van der Waals surface area contributed by atoms with Gasteiger partial charge in [0.25, 0.3) is 0 Å². The van der Waals surface area contributed by atoms with Gasteiger partial charge in [-0.3, -0.25) is 4.79 Å². The van der Waals surface area contributed by atoms with Gasteiger partial charge in [-0.25, -0.2) is 9.78 Å². The monoisotopic (exact) mass is 564 g/mol. The third-order valence-electron chi connectivity index (χ3n) is 7.34. The van der Waals surface area contributed by atoms with E-state index in [2.05, 4.69) is 5.32 Å². The predicted molar refractivity (Wildman–Crippen MR) is 155 cm³/mol. The van der Waals surface area contributed by atoms with Gasteiger partial charge in [0.15, 0.2) is 11.5 Å². The molecule has 3 aromatic rings. The molecule has 212 valence electrons. The molecular weight excluding hydrogens is 528 g/mol. The van der Waals surface area contributed by atoms with Gasteiger partial charge in [-0.05, 0) is 58.4 Å². The van der Waals surface area contributed by atoms with Gasteiger partial charge in [0.2, 0.25) is 0 Å². The molecule has 2 heterocycles. The molecule has 3 atom stereocenters. The lowest BCUT2D eigenvalue weighted by atomic mass is 9.61. The predicted octanol–water partition coefficient (Wildman–Crippen LogP) is 5.55. The van der Waals surface area contributed by atoms with Gasteiger partial charge in [-0.1, -0.05) is 30.3 Å². The second-order valence-corrected chi connectivity index (χ2v) is 10.8. The van der Waals surface area contributed by atoms with E-state index in [1.165, 1.54) is 11.3 Å². The average Bonchev–Trinajstić information content (AvgIpc) is 3.34. The minimum atomic E-state index is -1.29. The number of thiazole rings is 1. The standard InChI is InChI=1S/C31H36N2O6S/c1-8-38-29(34)25-18(3)32-20(5)31(30(35)39-9-2,22-13-11-10-12-14-22)26(25)28-33-27(19(4)40-28)21-15-16-23(36-6)24(17-21)37-7/h10-17,20,26,32H,8-9H2,1-7H3. The molecule has 0 bridgehead atoms. The molecule has 1 aromatic heterocycles. The maximum absolute atomic E-state index is 14.2. The maximum Gasteiger partial charge on any atom is 0.336 e. The Labute approximate surface area is 239 Å². The van der Waals surface area contributed by atoms with Crippen molar-refractivity contribution in [1.29, 1.82) is 0 Å². The zero-order valence-corrected chi connectivity index (χ0v) is 24.8. The SMILES string of the molecule is CCOC(=O)C1=C(C)NC(C)C(C(=O)OCC)(c2ccccc2)C1c1nc(-c2ccc(OC)c(OC)c2)c(C)s1.